The Balaban J connectivity index is 0. The first kappa shape index (κ1) is 9.00. The van der Waals surface area contributed by atoms with E-state index < -0.39 is 0 Å². The van der Waals surface area contributed by atoms with Crippen LogP contribution in [0.2, 0.25) is 0 Å². The van der Waals surface area contributed by atoms with Gasteiger partial charge in [0.25, 0.3) is 0 Å². The fourth-order valence-corrected chi connectivity index (χ4v) is 0. The van der Waals surface area contributed by atoms with Crippen LogP contribution in [-0.2, 0) is 16.5 Å². The zero-order valence-electron chi connectivity index (χ0n) is 2.48. The molecule has 0 fully saturated rings. The van der Waals surface area contributed by atoms with E-state index in [1.807, 2.05) is 0 Å². The maximum Gasteiger partial charge on any atom is 0.0456 e. The van der Waals surface area contributed by atoms with Crippen molar-refractivity contribution in [1.82, 2.24) is 0 Å². The zero-order valence-corrected chi connectivity index (χ0v) is 4.22. The monoisotopic (exact) mass is 132 g/mol. The molecule has 0 N–H and O–H groups in total. The van der Waals surface area contributed by atoms with Crippen LogP contribution in [0.4, 0.5) is 0 Å². The minimum absolute atomic E-state index is 0. The third-order valence-corrected chi connectivity index (χ3v) is 0.231. The van der Waals surface area contributed by atoms with Crippen molar-refractivity contribution in [2.45, 2.75) is 0 Å². The smallest absolute Gasteiger partial charge is 0.0456 e. The molecule has 2 heteroatoms. The molecular weight excluding hydrogens is 130 g/mol. The molecule has 0 aromatic heterocycles. The Labute approximate surface area is 46.4 Å². The van der Waals surface area contributed by atoms with E-state index in [2.05, 4.69) is 12.3 Å². The van der Waals surface area contributed by atoms with Gasteiger partial charge in [0, 0.05) is 22.0 Å². The maximum atomic E-state index is 4.89. The molecule has 0 saturated heterocycles. The number of hydrogen-bond donors (Lipinski definition) is 0. The summed E-state index contributed by atoms with van der Waals surface area (Å²) in [4.78, 5) is 0. The molecule has 0 aromatic rings. The molecule has 0 atom stereocenters. The van der Waals surface area contributed by atoms with E-state index in [1.165, 1.54) is 5.54 Å². The average molecular weight is 133 g/mol. The molecule has 5 heavy (non-hydrogen) atoms. The Bertz CT molecular complexity index is 44.9. The van der Waals surface area contributed by atoms with E-state index in [0.717, 1.165) is 0 Å². The molecule has 0 bridgehead atoms. The summed E-state index contributed by atoms with van der Waals surface area (Å²) in [6.07, 6.45) is 0. The molecule has 0 aliphatic rings. The van der Waals surface area contributed by atoms with E-state index in [1.54, 1.807) is 0 Å². The second kappa shape index (κ2) is 8.85. The summed E-state index contributed by atoms with van der Waals surface area (Å²) in [7, 11) is 0. The summed E-state index contributed by atoms with van der Waals surface area (Å²) in [5, 5.41) is 0. The van der Waals surface area contributed by atoms with E-state index >= 15 is 0 Å². The fourth-order valence-electron chi connectivity index (χ4n) is 0. The van der Waals surface area contributed by atoms with Gasteiger partial charge in [0.1, 0.15) is 0 Å². The van der Waals surface area contributed by atoms with E-state index in [0.29, 0.717) is 0 Å². The SMILES string of the molecule is C=C=CCl.[Ni]. The summed E-state index contributed by atoms with van der Waals surface area (Å²) in [5.74, 6) is 0. The van der Waals surface area contributed by atoms with Crippen molar-refractivity contribution in [2.24, 2.45) is 0 Å². The van der Waals surface area contributed by atoms with Crippen LogP contribution in [0, 0.1) is 0 Å². The predicted octanol–water partition coefficient (Wildman–Crippen LogP) is 1.52. The van der Waals surface area contributed by atoms with Crippen molar-refractivity contribution in [3.8, 4) is 0 Å². The topological polar surface area (TPSA) is 0 Å². The van der Waals surface area contributed by atoms with Crippen LogP contribution < -0.4 is 0 Å². The van der Waals surface area contributed by atoms with Crippen LogP contribution in [-0.4, -0.2) is 0 Å². The molecule has 0 aliphatic heterocycles. The van der Waals surface area contributed by atoms with Crippen LogP contribution in [0.3, 0.4) is 0 Å². The number of halogens is 1. The molecule has 0 saturated carbocycles. The largest absolute Gasteiger partial charge is 0.116 e. The Kier molecular flexibility index (Phi) is 15.9. The normalized spacial score (nSPS) is 3.40. The Morgan fingerprint density at radius 1 is 1.80 bits per heavy atom. The minimum Gasteiger partial charge on any atom is -0.116 e. The van der Waals surface area contributed by atoms with Gasteiger partial charge in [-0.25, -0.2) is 0 Å². The molecule has 0 unspecified atom stereocenters. The standard InChI is InChI=1S/C3H3Cl.Ni/c1-2-3-4;/h3H,1H2;. The van der Waals surface area contributed by atoms with Crippen molar-refractivity contribution in [3.63, 3.8) is 0 Å². The Morgan fingerprint density at radius 3 is 2.00 bits per heavy atom. The van der Waals surface area contributed by atoms with Crippen molar-refractivity contribution in [2.75, 3.05) is 0 Å². The quantitative estimate of drug-likeness (QED) is 0.347. The summed E-state index contributed by atoms with van der Waals surface area (Å²) in [6, 6.07) is 0. The summed E-state index contributed by atoms with van der Waals surface area (Å²) in [6.45, 7) is 3.17. The molecule has 0 spiro atoms. The van der Waals surface area contributed by atoms with Gasteiger partial charge < -0.3 is 0 Å². The Hall–Kier alpha value is 0.304. The van der Waals surface area contributed by atoms with E-state index in [4.69, 9.17) is 11.6 Å². The minimum atomic E-state index is 0. The van der Waals surface area contributed by atoms with Gasteiger partial charge in [-0.1, -0.05) is 18.2 Å². The van der Waals surface area contributed by atoms with Crippen LogP contribution in [0.25, 0.3) is 0 Å². The van der Waals surface area contributed by atoms with Crippen LogP contribution in [0.15, 0.2) is 17.8 Å². The first-order valence-corrected chi connectivity index (χ1v) is 1.30. The van der Waals surface area contributed by atoms with Crippen molar-refractivity contribution >= 4 is 11.6 Å². The van der Waals surface area contributed by atoms with Gasteiger partial charge in [0.2, 0.25) is 0 Å². The maximum absolute atomic E-state index is 4.89. The first-order chi connectivity index (χ1) is 1.91. The average Bonchev–Trinajstić information content (AvgIpc) is 1.37. The van der Waals surface area contributed by atoms with E-state index in [-0.39, 0.29) is 16.5 Å². The summed E-state index contributed by atoms with van der Waals surface area (Å²) in [5.41, 5.74) is 3.56. The fraction of sp³-hybridized carbons (Fsp3) is 0. The number of rotatable bonds is 0. The zero-order chi connectivity index (χ0) is 3.41. The molecule has 0 radical (unpaired) electrons. The molecule has 0 amide bonds. The van der Waals surface area contributed by atoms with Gasteiger partial charge in [-0.05, 0) is 0 Å². The molecule has 32 valence electrons. The van der Waals surface area contributed by atoms with Crippen LogP contribution >= 0.6 is 11.6 Å². The molecule has 0 aromatic carbocycles. The van der Waals surface area contributed by atoms with Gasteiger partial charge in [-0.15, -0.1) is 5.73 Å². The first-order valence-electron chi connectivity index (χ1n) is 0.860. The van der Waals surface area contributed by atoms with Crippen LogP contribution in [0.1, 0.15) is 0 Å². The summed E-state index contributed by atoms with van der Waals surface area (Å²) >= 11 is 4.89. The second-order valence-corrected chi connectivity index (χ2v) is 0.531. The second-order valence-electron chi connectivity index (χ2n) is 0.313. The Morgan fingerprint density at radius 2 is 2.00 bits per heavy atom. The number of hydrogen-bond acceptors (Lipinski definition) is 0. The van der Waals surface area contributed by atoms with Crippen LogP contribution in [0.5, 0.6) is 0 Å². The molecule has 0 aliphatic carbocycles. The third kappa shape index (κ3) is 13.4. The van der Waals surface area contributed by atoms with Crippen molar-refractivity contribution < 1.29 is 16.5 Å². The molecular formula is C3H3ClNi. The third-order valence-electron chi connectivity index (χ3n) is 0.0772. The molecule has 0 rings (SSSR count). The summed E-state index contributed by atoms with van der Waals surface area (Å²) < 4.78 is 0. The van der Waals surface area contributed by atoms with Gasteiger partial charge >= 0.3 is 0 Å². The van der Waals surface area contributed by atoms with Gasteiger partial charge in [0.05, 0.1) is 0 Å². The predicted molar refractivity (Wildman–Crippen MR) is 19.6 cm³/mol. The molecule has 0 heterocycles. The van der Waals surface area contributed by atoms with Gasteiger partial charge in [0.15, 0.2) is 0 Å². The van der Waals surface area contributed by atoms with Crippen molar-refractivity contribution in [3.05, 3.63) is 17.8 Å². The van der Waals surface area contributed by atoms with Gasteiger partial charge in [-0.3, -0.25) is 0 Å². The molecule has 0 nitrogen and oxygen atoms in total. The van der Waals surface area contributed by atoms with Gasteiger partial charge in [-0.2, -0.15) is 0 Å². The van der Waals surface area contributed by atoms with Crippen molar-refractivity contribution in [1.29, 1.82) is 0 Å². The van der Waals surface area contributed by atoms with E-state index in [9.17, 15) is 0 Å².